The fourth-order valence-corrected chi connectivity index (χ4v) is 4.44. The number of thioether (sulfide) groups is 1. The summed E-state index contributed by atoms with van der Waals surface area (Å²) in [7, 11) is 3.51. The van der Waals surface area contributed by atoms with E-state index in [9.17, 15) is 9.59 Å². The number of amides is 2. The quantitative estimate of drug-likeness (QED) is 0.486. The summed E-state index contributed by atoms with van der Waals surface area (Å²) in [5, 5.41) is 13.9. The van der Waals surface area contributed by atoms with Crippen LogP contribution in [-0.2, 0) is 23.1 Å². The number of benzene rings is 1. The van der Waals surface area contributed by atoms with Crippen LogP contribution in [0.4, 0.5) is 5.69 Å². The van der Waals surface area contributed by atoms with E-state index in [1.165, 1.54) is 21.5 Å². The fraction of sp³-hybridized carbons (Fsp3) is 0.263. The molecule has 7 nitrogen and oxygen atoms in total. The molecule has 2 amide bonds. The first kappa shape index (κ1) is 21.5. The average molecular weight is 494 g/mol. The molecule has 0 saturated heterocycles. The van der Waals surface area contributed by atoms with Crippen LogP contribution in [0.2, 0.25) is 0 Å². The van der Waals surface area contributed by atoms with Crippen LogP contribution in [0, 0.1) is 0 Å². The van der Waals surface area contributed by atoms with Crippen LogP contribution >= 0.6 is 39.0 Å². The number of rotatable bonds is 8. The lowest BCUT2D eigenvalue weighted by Gasteiger charge is -2.17. The fourth-order valence-electron chi connectivity index (χ4n) is 2.49. The Balaban J connectivity index is 1.49. The van der Waals surface area contributed by atoms with Crippen molar-refractivity contribution >= 4 is 56.5 Å². The van der Waals surface area contributed by atoms with E-state index in [4.69, 9.17) is 0 Å². The summed E-state index contributed by atoms with van der Waals surface area (Å²) < 4.78 is 2.69. The molecule has 2 heterocycles. The Hall–Kier alpha value is -2.17. The highest BCUT2D eigenvalue weighted by molar-refractivity contribution is 9.10. The highest BCUT2D eigenvalue weighted by Crippen LogP contribution is 2.21. The summed E-state index contributed by atoms with van der Waals surface area (Å²) in [5.74, 6) is 0.627. The molecule has 0 saturated carbocycles. The number of likely N-dealkylation sites (N-methyl/N-ethyl adjacent to an activating group) is 1. The average Bonchev–Trinajstić information content (AvgIpc) is 3.32. The van der Waals surface area contributed by atoms with E-state index in [2.05, 4.69) is 37.5 Å². The van der Waals surface area contributed by atoms with Gasteiger partial charge in [-0.05, 0) is 39.5 Å². The predicted octanol–water partition coefficient (Wildman–Crippen LogP) is 3.42. The van der Waals surface area contributed by atoms with E-state index in [0.717, 1.165) is 10.3 Å². The number of thiophene rings is 1. The Morgan fingerprint density at radius 1 is 1.24 bits per heavy atom. The van der Waals surface area contributed by atoms with Crippen LogP contribution in [0.1, 0.15) is 10.7 Å². The van der Waals surface area contributed by atoms with Crippen molar-refractivity contribution in [1.82, 2.24) is 19.7 Å². The molecule has 0 radical (unpaired) electrons. The van der Waals surface area contributed by atoms with Gasteiger partial charge in [-0.3, -0.25) is 9.59 Å². The van der Waals surface area contributed by atoms with Gasteiger partial charge in [0.15, 0.2) is 5.16 Å². The summed E-state index contributed by atoms with van der Waals surface area (Å²) in [6.45, 7) is -0.0246. The third-order valence-electron chi connectivity index (χ3n) is 4.12. The normalized spacial score (nSPS) is 10.7. The molecule has 3 rings (SSSR count). The van der Waals surface area contributed by atoms with Crippen molar-refractivity contribution < 1.29 is 9.59 Å². The van der Waals surface area contributed by atoms with Gasteiger partial charge < -0.3 is 14.8 Å². The van der Waals surface area contributed by atoms with Gasteiger partial charge in [0.05, 0.1) is 18.0 Å². The molecule has 0 bridgehead atoms. The number of carbonyl (C=O) groups is 2. The highest BCUT2D eigenvalue weighted by Gasteiger charge is 2.17. The van der Waals surface area contributed by atoms with E-state index < -0.39 is 0 Å². The zero-order valence-corrected chi connectivity index (χ0v) is 19.2. The first-order valence-corrected chi connectivity index (χ1v) is 11.4. The molecule has 152 valence electrons. The SMILES string of the molecule is CN(CC(=O)Nc1ccccc1Br)C(=O)CSc1nnc(Cc2cccs2)n1C. The zero-order valence-electron chi connectivity index (χ0n) is 16.0. The molecule has 0 fully saturated rings. The van der Waals surface area contributed by atoms with Crippen LogP contribution in [-0.4, -0.2) is 50.8 Å². The van der Waals surface area contributed by atoms with E-state index in [1.54, 1.807) is 24.5 Å². The van der Waals surface area contributed by atoms with Gasteiger partial charge in [-0.2, -0.15) is 0 Å². The van der Waals surface area contributed by atoms with E-state index >= 15 is 0 Å². The van der Waals surface area contributed by atoms with Gasteiger partial charge in [0.25, 0.3) is 0 Å². The lowest BCUT2D eigenvalue weighted by Crippen LogP contribution is -2.36. The second kappa shape index (κ2) is 10.0. The molecule has 0 unspecified atom stereocenters. The maximum absolute atomic E-state index is 12.4. The maximum Gasteiger partial charge on any atom is 0.244 e. The molecule has 2 aromatic heterocycles. The number of carbonyl (C=O) groups excluding carboxylic acids is 2. The molecule has 0 aliphatic heterocycles. The van der Waals surface area contributed by atoms with Gasteiger partial charge in [0, 0.05) is 29.9 Å². The summed E-state index contributed by atoms with van der Waals surface area (Å²) in [4.78, 5) is 27.2. The first-order chi connectivity index (χ1) is 13.9. The van der Waals surface area contributed by atoms with Gasteiger partial charge in [-0.25, -0.2) is 0 Å². The Morgan fingerprint density at radius 2 is 2.03 bits per heavy atom. The Labute approximate surface area is 185 Å². The third-order valence-corrected chi connectivity index (χ3v) is 6.69. The molecular formula is C19H20BrN5O2S2. The van der Waals surface area contributed by atoms with E-state index in [0.29, 0.717) is 17.3 Å². The van der Waals surface area contributed by atoms with Crippen molar-refractivity contribution in [3.05, 3.63) is 57.0 Å². The number of nitrogens with zero attached hydrogens (tertiary/aromatic N) is 4. The molecule has 1 N–H and O–H groups in total. The minimum atomic E-state index is -0.255. The molecule has 0 aliphatic rings. The molecular weight excluding hydrogens is 474 g/mol. The minimum absolute atomic E-state index is 0.0246. The number of aromatic nitrogens is 3. The smallest absolute Gasteiger partial charge is 0.244 e. The van der Waals surface area contributed by atoms with Crippen molar-refractivity contribution in [3.8, 4) is 0 Å². The Kier molecular flexibility index (Phi) is 7.45. The summed E-state index contributed by atoms with van der Waals surface area (Å²) >= 11 is 6.37. The second-order valence-corrected chi connectivity index (χ2v) is 9.11. The molecule has 1 aromatic carbocycles. The van der Waals surface area contributed by atoms with Crippen LogP contribution in [0.3, 0.4) is 0 Å². The van der Waals surface area contributed by atoms with Crippen LogP contribution < -0.4 is 5.32 Å². The summed E-state index contributed by atoms with van der Waals surface area (Å²) in [6.07, 6.45) is 0.713. The molecule has 0 atom stereocenters. The third kappa shape index (κ3) is 5.91. The predicted molar refractivity (Wildman–Crippen MR) is 119 cm³/mol. The van der Waals surface area contributed by atoms with Gasteiger partial charge >= 0.3 is 0 Å². The number of hydrogen-bond donors (Lipinski definition) is 1. The maximum atomic E-state index is 12.4. The largest absolute Gasteiger partial charge is 0.336 e. The number of nitrogens with one attached hydrogen (secondary N) is 1. The Morgan fingerprint density at radius 3 is 2.76 bits per heavy atom. The first-order valence-electron chi connectivity index (χ1n) is 8.76. The molecule has 3 aromatic rings. The summed E-state index contributed by atoms with van der Waals surface area (Å²) in [6, 6.07) is 11.4. The van der Waals surface area contributed by atoms with Crippen LogP contribution in [0.5, 0.6) is 0 Å². The summed E-state index contributed by atoms with van der Waals surface area (Å²) in [5.41, 5.74) is 0.671. The number of halogens is 1. The van der Waals surface area contributed by atoms with Gasteiger partial charge in [-0.15, -0.1) is 21.5 Å². The standard InChI is InChI=1S/C19H20BrN5O2S2/c1-24(11-17(26)21-15-8-4-3-7-14(15)20)18(27)12-29-19-23-22-16(25(19)2)10-13-6-5-9-28-13/h3-9H,10-12H2,1-2H3,(H,21,26). The van der Waals surface area contributed by atoms with Crippen molar-refractivity contribution in [2.24, 2.45) is 7.05 Å². The Bertz CT molecular complexity index is 990. The lowest BCUT2D eigenvalue weighted by atomic mass is 10.3. The second-order valence-electron chi connectivity index (χ2n) is 6.28. The topological polar surface area (TPSA) is 80.1 Å². The van der Waals surface area contributed by atoms with Crippen LogP contribution in [0.15, 0.2) is 51.4 Å². The van der Waals surface area contributed by atoms with Gasteiger partial charge in [-0.1, -0.05) is 30.0 Å². The van der Waals surface area contributed by atoms with Gasteiger partial charge in [0.2, 0.25) is 11.8 Å². The highest BCUT2D eigenvalue weighted by atomic mass is 79.9. The number of para-hydroxylation sites is 1. The van der Waals surface area contributed by atoms with Crippen molar-refractivity contribution in [1.29, 1.82) is 0 Å². The molecule has 29 heavy (non-hydrogen) atoms. The van der Waals surface area contributed by atoms with E-state index in [1.807, 2.05) is 41.3 Å². The molecule has 0 spiro atoms. The monoisotopic (exact) mass is 493 g/mol. The zero-order chi connectivity index (χ0) is 20.8. The van der Waals surface area contributed by atoms with Crippen molar-refractivity contribution in [2.45, 2.75) is 11.6 Å². The van der Waals surface area contributed by atoms with Crippen molar-refractivity contribution in [2.75, 3.05) is 24.7 Å². The number of anilines is 1. The molecule has 10 heteroatoms. The number of hydrogen-bond acceptors (Lipinski definition) is 6. The minimum Gasteiger partial charge on any atom is -0.336 e. The van der Waals surface area contributed by atoms with Crippen molar-refractivity contribution in [3.63, 3.8) is 0 Å². The van der Waals surface area contributed by atoms with Crippen LogP contribution in [0.25, 0.3) is 0 Å². The molecule has 0 aliphatic carbocycles. The van der Waals surface area contributed by atoms with Gasteiger partial charge in [0.1, 0.15) is 5.82 Å². The van der Waals surface area contributed by atoms with E-state index in [-0.39, 0.29) is 24.1 Å². The lowest BCUT2D eigenvalue weighted by molar-refractivity contribution is -0.131.